The van der Waals surface area contributed by atoms with Crippen molar-refractivity contribution < 1.29 is 9.59 Å². The van der Waals surface area contributed by atoms with E-state index in [2.05, 4.69) is 57.6 Å². The number of fused-ring (bicyclic) bond motifs is 1. The number of nitrogens with zero attached hydrogens (tertiary/aromatic N) is 3. The molecule has 0 aliphatic carbocycles. The maximum absolute atomic E-state index is 12.6. The second kappa shape index (κ2) is 9.71. The smallest absolute Gasteiger partial charge is 0.313 e. The van der Waals surface area contributed by atoms with Crippen LogP contribution in [0.25, 0.3) is 0 Å². The average molecular weight is 436 g/mol. The third-order valence-electron chi connectivity index (χ3n) is 6.65. The number of hydrogen-bond acceptors (Lipinski definition) is 5. The van der Waals surface area contributed by atoms with Crippen molar-refractivity contribution in [1.29, 1.82) is 0 Å². The highest BCUT2D eigenvalue weighted by Crippen LogP contribution is 2.31. The van der Waals surface area contributed by atoms with Gasteiger partial charge in [0.2, 0.25) is 0 Å². The summed E-state index contributed by atoms with van der Waals surface area (Å²) in [6.07, 6.45) is 1.04. The van der Waals surface area contributed by atoms with Crippen LogP contribution in [-0.2, 0) is 16.0 Å². The van der Waals surface area contributed by atoms with E-state index in [1.165, 1.54) is 16.8 Å². The minimum atomic E-state index is -0.632. The predicted octanol–water partition coefficient (Wildman–Crippen LogP) is 2.03. The highest BCUT2D eigenvalue weighted by molar-refractivity contribution is 6.39. The lowest BCUT2D eigenvalue weighted by Crippen LogP contribution is -2.49. The number of nitrogens with one attached hydrogen (secondary N) is 2. The number of carbonyl (C=O) groups excluding carboxylic acids is 2. The van der Waals surface area contributed by atoms with E-state index in [0.717, 1.165) is 44.7 Å². The summed E-state index contributed by atoms with van der Waals surface area (Å²) < 4.78 is 0. The fraction of sp³-hybridized carbons (Fsp3) is 0.440. The molecule has 2 heterocycles. The van der Waals surface area contributed by atoms with Gasteiger partial charge in [-0.25, -0.2) is 0 Å². The molecule has 2 aromatic carbocycles. The SMILES string of the molecule is Cc1ccccc1NC(=O)C(=O)NC[C@@H](c1ccc2c(c1)CCN2C)N1CCN(C)CC1. The lowest BCUT2D eigenvalue weighted by atomic mass is 10.00. The third kappa shape index (κ3) is 4.95. The molecule has 2 amide bonds. The van der Waals surface area contributed by atoms with Crippen LogP contribution >= 0.6 is 0 Å². The minimum Gasteiger partial charge on any atom is -0.374 e. The molecule has 2 aliphatic heterocycles. The zero-order chi connectivity index (χ0) is 22.7. The van der Waals surface area contributed by atoms with Gasteiger partial charge in [0, 0.05) is 57.7 Å². The van der Waals surface area contributed by atoms with Gasteiger partial charge in [0.15, 0.2) is 0 Å². The molecule has 4 rings (SSSR count). The highest BCUT2D eigenvalue weighted by atomic mass is 16.2. The van der Waals surface area contributed by atoms with Crippen molar-refractivity contribution in [2.45, 2.75) is 19.4 Å². The number of para-hydroxylation sites is 1. The van der Waals surface area contributed by atoms with Gasteiger partial charge in [-0.1, -0.05) is 30.3 Å². The Morgan fingerprint density at radius 1 is 0.969 bits per heavy atom. The number of rotatable bonds is 5. The quantitative estimate of drug-likeness (QED) is 0.704. The molecule has 32 heavy (non-hydrogen) atoms. The van der Waals surface area contributed by atoms with Crippen LogP contribution in [0.2, 0.25) is 0 Å². The molecule has 7 nitrogen and oxygen atoms in total. The lowest BCUT2D eigenvalue weighted by molar-refractivity contribution is -0.136. The Morgan fingerprint density at radius 3 is 2.47 bits per heavy atom. The van der Waals surface area contributed by atoms with Crippen LogP contribution in [0.5, 0.6) is 0 Å². The maximum Gasteiger partial charge on any atom is 0.313 e. The second-order valence-corrected chi connectivity index (χ2v) is 8.89. The first kappa shape index (κ1) is 22.3. The molecule has 1 fully saturated rings. The number of hydrogen-bond donors (Lipinski definition) is 2. The number of anilines is 2. The summed E-state index contributed by atoms with van der Waals surface area (Å²) >= 11 is 0. The van der Waals surface area contributed by atoms with E-state index in [1.54, 1.807) is 6.07 Å². The molecule has 0 aromatic heterocycles. The van der Waals surface area contributed by atoms with Crippen molar-refractivity contribution in [3.8, 4) is 0 Å². The molecule has 1 atom stereocenters. The molecule has 0 radical (unpaired) electrons. The van der Waals surface area contributed by atoms with Crippen LogP contribution in [0.15, 0.2) is 42.5 Å². The summed E-state index contributed by atoms with van der Waals surface area (Å²) in [5.41, 5.74) is 5.42. The van der Waals surface area contributed by atoms with Gasteiger partial charge >= 0.3 is 11.8 Å². The molecule has 2 N–H and O–H groups in total. The monoisotopic (exact) mass is 435 g/mol. The first-order chi connectivity index (χ1) is 15.4. The first-order valence-corrected chi connectivity index (χ1v) is 11.3. The van der Waals surface area contributed by atoms with Crippen LogP contribution in [0.4, 0.5) is 11.4 Å². The molecule has 0 spiro atoms. The summed E-state index contributed by atoms with van der Waals surface area (Å²) in [5, 5.41) is 5.61. The van der Waals surface area contributed by atoms with Gasteiger partial charge in [-0.05, 0) is 49.2 Å². The number of carbonyl (C=O) groups is 2. The zero-order valence-corrected chi connectivity index (χ0v) is 19.2. The van der Waals surface area contributed by atoms with Crippen LogP contribution in [-0.4, -0.2) is 75.0 Å². The molecular weight excluding hydrogens is 402 g/mol. The van der Waals surface area contributed by atoms with Gasteiger partial charge in [0.05, 0.1) is 6.04 Å². The van der Waals surface area contributed by atoms with Crippen molar-refractivity contribution in [3.05, 3.63) is 59.2 Å². The van der Waals surface area contributed by atoms with E-state index in [1.807, 2.05) is 25.1 Å². The maximum atomic E-state index is 12.6. The van der Waals surface area contributed by atoms with E-state index in [-0.39, 0.29) is 6.04 Å². The molecule has 2 aromatic rings. The first-order valence-electron chi connectivity index (χ1n) is 11.3. The summed E-state index contributed by atoms with van der Waals surface area (Å²) in [6.45, 7) is 7.19. The second-order valence-electron chi connectivity index (χ2n) is 8.89. The van der Waals surface area contributed by atoms with Gasteiger partial charge in [-0.15, -0.1) is 0 Å². The van der Waals surface area contributed by atoms with Gasteiger partial charge < -0.3 is 20.4 Å². The van der Waals surface area contributed by atoms with E-state index >= 15 is 0 Å². The number of amides is 2. The Kier molecular flexibility index (Phi) is 6.77. The molecule has 0 saturated carbocycles. The number of aryl methyl sites for hydroxylation is 1. The molecular formula is C25H33N5O2. The molecule has 170 valence electrons. The summed E-state index contributed by atoms with van der Waals surface area (Å²) in [7, 11) is 4.26. The standard InChI is InChI=1S/C25H33N5O2/c1-18-6-4-5-7-21(18)27-25(32)24(31)26-17-23(30-14-12-28(2)13-15-30)19-8-9-22-20(16-19)10-11-29(22)3/h4-9,16,23H,10-15,17H2,1-3H3,(H,26,31)(H,27,32)/t23-/m0/s1. The topological polar surface area (TPSA) is 67.9 Å². The van der Waals surface area contributed by atoms with Crippen LogP contribution < -0.4 is 15.5 Å². The molecule has 7 heteroatoms. The Labute approximate surface area is 190 Å². The molecule has 1 saturated heterocycles. The molecule has 0 unspecified atom stereocenters. The Bertz CT molecular complexity index is 984. The fourth-order valence-corrected chi connectivity index (χ4v) is 4.55. The van der Waals surface area contributed by atoms with Gasteiger partial charge in [-0.3, -0.25) is 14.5 Å². The van der Waals surface area contributed by atoms with Crippen molar-refractivity contribution in [1.82, 2.24) is 15.1 Å². The van der Waals surface area contributed by atoms with Crippen molar-refractivity contribution in [2.75, 3.05) is 63.6 Å². The van der Waals surface area contributed by atoms with E-state index in [9.17, 15) is 9.59 Å². The average Bonchev–Trinajstić information content (AvgIpc) is 3.16. The van der Waals surface area contributed by atoms with Crippen molar-refractivity contribution in [3.63, 3.8) is 0 Å². The summed E-state index contributed by atoms with van der Waals surface area (Å²) in [5.74, 6) is -1.24. The molecule has 2 aliphatic rings. The zero-order valence-electron chi connectivity index (χ0n) is 19.2. The third-order valence-corrected chi connectivity index (χ3v) is 6.65. The predicted molar refractivity (Wildman–Crippen MR) is 128 cm³/mol. The number of piperazine rings is 1. The van der Waals surface area contributed by atoms with Crippen LogP contribution in [0.1, 0.15) is 22.7 Å². The Balaban J connectivity index is 1.46. The lowest BCUT2D eigenvalue weighted by Gasteiger charge is -2.38. The molecule has 0 bridgehead atoms. The Hall–Kier alpha value is -2.90. The fourth-order valence-electron chi connectivity index (χ4n) is 4.55. The summed E-state index contributed by atoms with van der Waals surface area (Å²) in [4.78, 5) is 32.1. The van der Waals surface area contributed by atoms with Crippen LogP contribution in [0, 0.1) is 6.92 Å². The minimum absolute atomic E-state index is 0.0371. The highest BCUT2D eigenvalue weighted by Gasteiger charge is 2.27. The largest absolute Gasteiger partial charge is 0.374 e. The van der Waals surface area contributed by atoms with Gasteiger partial charge in [0.25, 0.3) is 0 Å². The summed E-state index contributed by atoms with van der Waals surface area (Å²) in [6, 6.07) is 14.1. The van der Waals surface area contributed by atoms with E-state index in [4.69, 9.17) is 0 Å². The van der Waals surface area contributed by atoms with E-state index < -0.39 is 11.8 Å². The van der Waals surface area contributed by atoms with E-state index in [0.29, 0.717) is 12.2 Å². The Morgan fingerprint density at radius 2 is 1.72 bits per heavy atom. The van der Waals surface area contributed by atoms with Crippen molar-refractivity contribution >= 4 is 23.2 Å². The van der Waals surface area contributed by atoms with Crippen molar-refractivity contribution in [2.24, 2.45) is 0 Å². The number of benzene rings is 2. The van der Waals surface area contributed by atoms with Gasteiger partial charge in [0.1, 0.15) is 0 Å². The van der Waals surface area contributed by atoms with Crippen LogP contribution in [0.3, 0.4) is 0 Å². The number of likely N-dealkylation sites (N-methyl/N-ethyl adjacent to an activating group) is 2. The van der Waals surface area contributed by atoms with Gasteiger partial charge in [-0.2, -0.15) is 0 Å². The normalized spacial score (nSPS) is 17.7.